The van der Waals surface area contributed by atoms with Gasteiger partial charge in [-0.15, -0.1) is 5.10 Å². The largest absolute Gasteiger partial charge is 0.480 e. The van der Waals surface area contributed by atoms with Crippen molar-refractivity contribution in [2.24, 2.45) is 7.05 Å². The second kappa shape index (κ2) is 12.0. The van der Waals surface area contributed by atoms with Crippen LogP contribution in [0.4, 0.5) is 11.5 Å². The van der Waals surface area contributed by atoms with E-state index in [-0.39, 0.29) is 5.91 Å². The van der Waals surface area contributed by atoms with Gasteiger partial charge in [0.25, 0.3) is 5.91 Å². The monoisotopic (exact) mass is 497 g/mol. The summed E-state index contributed by atoms with van der Waals surface area (Å²) in [6.07, 6.45) is 7.28. The maximum absolute atomic E-state index is 13.6. The Kier molecular flexibility index (Phi) is 8.77. The quantitative estimate of drug-likeness (QED) is 0.559. The van der Waals surface area contributed by atoms with Gasteiger partial charge in [0.05, 0.1) is 32.4 Å². The number of morpholine rings is 1. The van der Waals surface area contributed by atoms with E-state index in [0.717, 1.165) is 48.6 Å². The van der Waals surface area contributed by atoms with Crippen molar-refractivity contribution in [3.63, 3.8) is 0 Å². The third kappa shape index (κ3) is 5.48. The molecule has 8 nitrogen and oxygen atoms in total. The van der Waals surface area contributed by atoms with E-state index in [2.05, 4.69) is 53.1 Å². The highest BCUT2D eigenvalue weighted by Crippen LogP contribution is 2.33. The molecule has 4 rings (SSSR count). The van der Waals surface area contributed by atoms with E-state index < -0.39 is 0 Å². The fourth-order valence-corrected chi connectivity index (χ4v) is 5.80. The SMILES string of the molecule is CCc1cc(C(=O)NCc2c(OC)nn(C)c2N2CCOCC2)c(C)c(N(CC)C2CCCCC2)c1. The highest BCUT2D eigenvalue weighted by Gasteiger charge is 2.26. The maximum atomic E-state index is 13.6. The summed E-state index contributed by atoms with van der Waals surface area (Å²) < 4.78 is 13.0. The van der Waals surface area contributed by atoms with Gasteiger partial charge < -0.3 is 24.6 Å². The molecule has 1 aromatic carbocycles. The van der Waals surface area contributed by atoms with Crippen molar-refractivity contribution in [2.75, 3.05) is 49.8 Å². The van der Waals surface area contributed by atoms with E-state index in [9.17, 15) is 4.79 Å². The lowest BCUT2D eigenvalue weighted by Crippen LogP contribution is -2.38. The molecule has 1 aromatic heterocycles. The minimum absolute atomic E-state index is 0.0532. The summed E-state index contributed by atoms with van der Waals surface area (Å²) in [5.74, 6) is 1.47. The van der Waals surface area contributed by atoms with E-state index >= 15 is 0 Å². The molecule has 1 amide bonds. The molecule has 1 saturated carbocycles. The lowest BCUT2D eigenvalue weighted by atomic mass is 9.92. The molecule has 0 radical (unpaired) electrons. The van der Waals surface area contributed by atoms with Gasteiger partial charge in [0.15, 0.2) is 0 Å². The molecule has 8 heteroatoms. The number of nitrogens with one attached hydrogen (secondary N) is 1. The number of nitrogens with zero attached hydrogens (tertiary/aromatic N) is 4. The van der Waals surface area contributed by atoms with Gasteiger partial charge in [-0.2, -0.15) is 0 Å². The van der Waals surface area contributed by atoms with Crippen molar-refractivity contribution in [3.8, 4) is 5.88 Å². The summed E-state index contributed by atoms with van der Waals surface area (Å²) in [5.41, 5.74) is 5.13. The molecule has 1 saturated heterocycles. The van der Waals surface area contributed by atoms with Gasteiger partial charge in [-0.3, -0.25) is 4.79 Å². The van der Waals surface area contributed by atoms with Crippen LogP contribution in [0.25, 0.3) is 0 Å². The molecule has 0 bridgehead atoms. The molecule has 1 aliphatic heterocycles. The first-order valence-corrected chi connectivity index (χ1v) is 13.6. The molecular weight excluding hydrogens is 454 g/mol. The Balaban J connectivity index is 1.60. The zero-order valence-corrected chi connectivity index (χ0v) is 22.7. The molecule has 0 atom stereocenters. The van der Waals surface area contributed by atoms with Crippen LogP contribution in [-0.4, -0.2) is 61.7 Å². The number of amides is 1. The number of methoxy groups -OCH3 is 1. The third-order valence-electron chi connectivity index (χ3n) is 7.76. The number of rotatable bonds is 9. The van der Waals surface area contributed by atoms with E-state index in [1.54, 1.807) is 7.11 Å². The summed E-state index contributed by atoms with van der Waals surface area (Å²) in [6, 6.07) is 4.91. The standard InChI is InChI=1S/C28H43N5O3/c1-6-21-17-23(20(3)25(18-21)33(7-2)22-11-9-8-10-12-22)26(34)29-19-24-27(35-5)30-31(4)28(24)32-13-15-36-16-14-32/h17-18,22H,6-16,19H2,1-5H3,(H,29,34). The molecule has 1 N–H and O–H groups in total. The smallest absolute Gasteiger partial charge is 0.251 e. The van der Waals surface area contributed by atoms with Crippen LogP contribution in [-0.2, 0) is 24.8 Å². The molecule has 0 spiro atoms. The minimum Gasteiger partial charge on any atom is -0.480 e. The zero-order valence-electron chi connectivity index (χ0n) is 22.7. The Labute approximate surface area is 215 Å². The first-order chi connectivity index (χ1) is 17.5. The average molecular weight is 498 g/mol. The summed E-state index contributed by atoms with van der Waals surface area (Å²) in [6.45, 7) is 10.7. The van der Waals surface area contributed by atoms with Gasteiger partial charge in [-0.25, -0.2) is 4.68 Å². The number of hydrogen-bond acceptors (Lipinski definition) is 6. The van der Waals surface area contributed by atoms with Crippen LogP contribution >= 0.6 is 0 Å². The number of benzene rings is 1. The topological polar surface area (TPSA) is 71.9 Å². The van der Waals surface area contributed by atoms with Crippen molar-refractivity contribution in [1.82, 2.24) is 15.1 Å². The first-order valence-electron chi connectivity index (χ1n) is 13.6. The minimum atomic E-state index is -0.0532. The van der Waals surface area contributed by atoms with E-state index in [1.165, 1.54) is 43.4 Å². The lowest BCUT2D eigenvalue weighted by molar-refractivity contribution is 0.0949. The van der Waals surface area contributed by atoms with Crippen LogP contribution in [0.5, 0.6) is 5.88 Å². The van der Waals surface area contributed by atoms with Gasteiger partial charge in [0, 0.05) is 44.0 Å². The number of aromatic nitrogens is 2. The Morgan fingerprint density at radius 3 is 2.56 bits per heavy atom. The van der Waals surface area contributed by atoms with Crippen molar-refractivity contribution in [2.45, 2.75) is 71.9 Å². The van der Waals surface area contributed by atoms with Crippen LogP contribution < -0.4 is 19.9 Å². The molecule has 2 fully saturated rings. The summed E-state index contributed by atoms with van der Waals surface area (Å²) in [4.78, 5) is 18.4. The molecule has 36 heavy (non-hydrogen) atoms. The molecule has 2 aromatic rings. The van der Waals surface area contributed by atoms with E-state index in [4.69, 9.17) is 9.47 Å². The number of anilines is 2. The van der Waals surface area contributed by atoms with Crippen molar-refractivity contribution in [1.29, 1.82) is 0 Å². The number of ether oxygens (including phenoxy) is 2. The normalized spacial score (nSPS) is 16.8. The van der Waals surface area contributed by atoms with Crippen molar-refractivity contribution >= 4 is 17.4 Å². The van der Waals surface area contributed by atoms with Gasteiger partial charge in [0.2, 0.25) is 5.88 Å². The molecule has 1 aliphatic carbocycles. The second-order valence-corrected chi connectivity index (χ2v) is 9.94. The van der Waals surface area contributed by atoms with Crippen LogP contribution in [0.1, 0.15) is 73.0 Å². The van der Waals surface area contributed by atoms with Gasteiger partial charge in [0.1, 0.15) is 5.82 Å². The molecular formula is C28H43N5O3. The highest BCUT2D eigenvalue weighted by molar-refractivity contribution is 5.97. The fraction of sp³-hybridized carbons (Fsp3) is 0.643. The van der Waals surface area contributed by atoms with Gasteiger partial charge in [-0.05, 0) is 56.4 Å². The summed E-state index contributed by atoms with van der Waals surface area (Å²) in [7, 11) is 3.55. The Hall–Kier alpha value is -2.74. The van der Waals surface area contributed by atoms with Gasteiger partial charge >= 0.3 is 0 Å². The summed E-state index contributed by atoms with van der Waals surface area (Å²) in [5, 5.41) is 7.74. The highest BCUT2D eigenvalue weighted by atomic mass is 16.5. The van der Waals surface area contributed by atoms with E-state index in [0.29, 0.717) is 31.7 Å². The van der Waals surface area contributed by atoms with Crippen molar-refractivity contribution in [3.05, 3.63) is 34.4 Å². The van der Waals surface area contributed by atoms with Crippen LogP contribution in [0.2, 0.25) is 0 Å². The van der Waals surface area contributed by atoms with Gasteiger partial charge in [-0.1, -0.05) is 26.2 Å². The average Bonchev–Trinajstić information content (AvgIpc) is 3.24. The second-order valence-electron chi connectivity index (χ2n) is 9.94. The Bertz CT molecular complexity index is 1040. The Morgan fingerprint density at radius 2 is 1.92 bits per heavy atom. The summed E-state index contributed by atoms with van der Waals surface area (Å²) >= 11 is 0. The van der Waals surface area contributed by atoms with Crippen LogP contribution in [0.15, 0.2) is 12.1 Å². The number of hydrogen-bond donors (Lipinski definition) is 1. The molecule has 0 unspecified atom stereocenters. The fourth-order valence-electron chi connectivity index (χ4n) is 5.80. The number of carbonyl (C=O) groups excluding carboxylic acids is 1. The number of aryl methyl sites for hydroxylation is 2. The van der Waals surface area contributed by atoms with E-state index in [1.807, 2.05) is 11.7 Å². The molecule has 2 aliphatic rings. The van der Waals surface area contributed by atoms with Crippen LogP contribution in [0.3, 0.4) is 0 Å². The predicted octanol–water partition coefficient (Wildman–Crippen LogP) is 4.23. The Morgan fingerprint density at radius 1 is 1.19 bits per heavy atom. The van der Waals surface area contributed by atoms with Crippen LogP contribution in [0, 0.1) is 6.92 Å². The third-order valence-corrected chi connectivity index (χ3v) is 7.76. The molecule has 2 heterocycles. The number of carbonyl (C=O) groups is 1. The van der Waals surface area contributed by atoms with Crippen molar-refractivity contribution < 1.29 is 14.3 Å². The maximum Gasteiger partial charge on any atom is 0.251 e. The molecule has 198 valence electrons. The zero-order chi connectivity index (χ0) is 25.7. The first kappa shape index (κ1) is 26.3. The predicted molar refractivity (Wildman–Crippen MR) is 144 cm³/mol. The lowest BCUT2D eigenvalue weighted by Gasteiger charge is -2.37.